The number of carboxylic acids is 1. The zero-order chi connectivity index (χ0) is 24.2. The Kier molecular flexibility index (Phi) is 6.14. The molecule has 4 aliphatic carbocycles. The molecule has 0 bridgehead atoms. The number of aliphatic hydroxyl groups is 1. The van der Waals surface area contributed by atoms with Gasteiger partial charge in [0.05, 0.1) is 11.0 Å². The third-order valence-corrected chi connectivity index (χ3v) is 10.2. The van der Waals surface area contributed by atoms with Crippen LogP contribution in [0.25, 0.3) is 0 Å². The minimum Gasteiger partial charge on any atom is -0.481 e. The fourth-order valence-electron chi connectivity index (χ4n) is 7.96. The van der Waals surface area contributed by atoms with Gasteiger partial charge in [0.25, 0.3) is 0 Å². The molecule has 0 amide bonds. The lowest BCUT2D eigenvalue weighted by molar-refractivity contribution is -0.163. The summed E-state index contributed by atoms with van der Waals surface area (Å²) in [6.07, 6.45) is 15.3. The summed E-state index contributed by atoms with van der Waals surface area (Å²) in [7, 11) is 0. The largest absolute Gasteiger partial charge is 0.481 e. The molecule has 0 spiro atoms. The zero-order valence-electron chi connectivity index (χ0n) is 20.6. The fourth-order valence-corrected chi connectivity index (χ4v) is 7.96. The number of carboxylic acid groups (broad SMARTS) is 1. The Morgan fingerprint density at radius 1 is 1.27 bits per heavy atom. The molecule has 8 atom stereocenters. The Hall–Kier alpha value is -1.94. The van der Waals surface area contributed by atoms with Crippen LogP contribution in [0.15, 0.2) is 48.1 Å². The van der Waals surface area contributed by atoms with Crippen LogP contribution in [0.5, 0.6) is 0 Å². The maximum Gasteiger partial charge on any atom is 0.310 e. The lowest BCUT2D eigenvalue weighted by Crippen LogP contribution is -2.53. The van der Waals surface area contributed by atoms with E-state index in [-0.39, 0.29) is 34.9 Å². The van der Waals surface area contributed by atoms with Crippen molar-refractivity contribution in [2.24, 2.45) is 40.4 Å². The van der Waals surface area contributed by atoms with Gasteiger partial charge in [0.15, 0.2) is 5.78 Å². The first kappa shape index (κ1) is 24.2. The van der Waals surface area contributed by atoms with Crippen LogP contribution < -0.4 is 0 Å². The third-order valence-electron chi connectivity index (χ3n) is 10.2. The molecule has 0 aromatic carbocycles. The number of carbonyl (C=O) groups is 2. The molecule has 2 saturated carbocycles. The van der Waals surface area contributed by atoms with E-state index in [1.807, 2.05) is 13.8 Å². The molecule has 0 heterocycles. The zero-order valence-corrected chi connectivity index (χ0v) is 20.6. The Balaban J connectivity index is 1.61. The van der Waals surface area contributed by atoms with Crippen LogP contribution in [0.3, 0.4) is 0 Å². The predicted molar refractivity (Wildman–Crippen MR) is 130 cm³/mol. The third kappa shape index (κ3) is 3.60. The van der Waals surface area contributed by atoms with E-state index < -0.39 is 17.0 Å². The highest BCUT2D eigenvalue weighted by Gasteiger charge is 2.63. The monoisotopic (exact) mass is 452 g/mol. The molecule has 0 aromatic heterocycles. The van der Waals surface area contributed by atoms with Crippen LogP contribution in [0.1, 0.15) is 72.6 Å². The summed E-state index contributed by atoms with van der Waals surface area (Å²) in [6, 6.07) is 0. The van der Waals surface area contributed by atoms with Gasteiger partial charge in [-0.2, -0.15) is 0 Å². The molecule has 180 valence electrons. The van der Waals surface area contributed by atoms with Crippen LogP contribution in [0.2, 0.25) is 0 Å². The van der Waals surface area contributed by atoms with Gasteiger partial charge < -0.3 is 10.2 Å². The standard InChI is InChI=1S/C29H40O4/c1-6-28(33,18(2)3)15-11-19(4)23-9-10-25-22-8-7-20-17-21(30)12-14-27(20,5)24(22)13-16-29(23,25)26(31)32/h7-8,12,14,17,19,22-25,33H,2,6,9-11,13,15-16H2,1,3-5H3,(H,31,32)/t19-,22-,23-,24+,25+,27+,28-,29+/m1/s1. The smallest absolute Gasteiger partial charge is 0.310 e. The molecule has 4 aliphatic rings. The van der Waals surface area contributed by atoms with Crippen molar-refractivity contribution in [1.82, 2.24) is 0 Å². The van der Waals surface area contributed by atoms with Crippen molar-refractivity contribution in [1.29, 1.82) is 0 Å². The van der Waals surface area contributed by atoms with E-state index in [1.165, 1.54) is 0 Å². The highest BCUT2D eigenvalue weighted by molar-refractivity contribution is 6.01. The Labute approximate surface area is 198 Å². The number of ketones is 1. The molecule has 2 N–H and O–H groups in total. The van der Waals surface area contributed by atoms with Gasteiger partial charge in [0.1, 0.15) is 0 Å². The topological polar surface area (TPSA) is 74.6 Å². The lowest BCUT2D eigenvalue weighted by Gasteiger charge is -2.54. The fraction of sp³-hybridized carbons (Fsp3) is 0.655. The molecule has 0 unspecified atom stereocenters. The van der Waals surface area contributed by atoms with Crippen molar-refractivity contribution in [3.8, 4) is 0 Å². The lowest BCUT2D eigenvalue weighted by atomic mass is 9.48. The average Bonchev–Trinajstić information content (AvgIpc) is 3.19. The number of fused-ring (bicyclic) bond motifs is 5. The van der Waals surface area contributed by atoms with Gasteiger partial charge >= 0.3 is 5.97 Å². The van der Waals surface area contributed by atoms with Crippen molar-refractivity contribution in [2.75, 3.05) is 0 Å². The Morgan fingerprint density at radius 2 is 2.00 bits per heavy atom. The Bertz CT molecular complexity index is 941. The maximum absolute atomic E-state index is 13.0. The van der Waals surface area contributed by atoms with Crippen LogP contribution >= 0.6 is 0 Å². The molecular weight excluding hydrogens is 412 g/mol. The van der Waals surface area contributed by atoms with Gasteiger partial charge in [-0.25, -0.2) is 0 Å². The van der Waals surface area contributed by atoms with Gasteiger partial charge in [-0.3, -0.25) is 9.59 Å². The summed E-state index contributed by atoms with van der Waals surface area (Å²) in [6.45, 7) is 12.3. The number of carbonyl (C=O) groups excluding carboxylic acids is 1. The molecule has 0 aromatic rings. The van der Waals surface area contributed by atoms with E-state index in [0.717, 1.165) is 36.8 Å². The molecule has 4 nitrogen and oxygen atoms in total. The van der Waals surface area contributed by atoms with Crippen LogP contribution in [-0.2, 0) is 9.59 Å². The summed E-state index contributed by atoms with van der Waals surface area (Å²) < 4.78 is 0. The normalized spacial score (nSPS) is 39.7. The molecule has 0 radical (unpaired) electrons. The summed E-state index contributed by atoms with van der Waals surface area (Å²) in [4.78, 5) is 24.9. The number of rotatable bonds is 7. The van der Waals surface area contributed by atoms with E-state index in [9.17, 15) is 19.8 Å². The van der Waals surface area contributed by atoms with E-state index in [4.69, 9.17) is 0 Å². The van der Waals surface area contributed by atoms with E-state index in [1.54, 1.807) is 12.2 Å². The molecule has 4 rings (SSSR count). The second-order valence-electron chi connectivity index (χ2n) is 11.5. The summed E-state index contributed by atoms with van der Waals surface area (Å²) in [5.41, 5.74) is 0.0959. The Morgan fingerprint density at radius 3 is 2.64 bits per heavy atom. The number of aliphatic carboxylic acids is 1. The van der Waals surface area contributed by atoms with Crippen molar-refractivity contribution in [3.05, 3.63) is 48.1 Å². The maximum atomic E-state index is 13.0. The molecular formula is C29H40O4. The van der Waals surface area contributed by atoms with Crippen molar-refractivity contribution in [2.45, 2.75) is 78.2 Å². The van der Waals surface area contributed by atoms with Crippen molar-refractivity contribution >= 4 is 11.8 Å². The van der Waals surface area contributed by atoms with Crippen molar-refractivity contribution < 1.29 is 19.8 Å². The number of allylic oxidation sites excluding steroid dienone is 6. The van der Waals surface area contributed by atoms with Gasteiger partial charge in [-0.15, -0.1) is 0 Å². The predicted octanol–water partition coefficient (Wildman–Crippen LogP) is 5.88. The van der Waals surface area contributed by atoms with E-state index in [0.29, 0.717) is 25.2 Å². The minimum atomic E-state index is -0.867. The van der Waals surface area contributed by atoms with Gasteiger partial charge in [-0.1, -0.05) is 45.6 Å². The SMILES string of the molecule is C=C(C)[C@@](O)(CC)CC[C@@H](C)[C@H]1CC[C@H]2[C@@H]3C=CC4=CC(=O)C=C[C@]4(C)[C@H]3CC[C@]12C(=O)O. The quantitative estimate of drug-likeness (QED) is 0.473. The minimum absolute atomic E-state index is 0.0396. The molecule has 2 fully saturated rings. The van der Waals surface area contributed by atoms with Crippen LogP contribution in [-0.4, -0.2) is 27.6 Å². The van der Waals surface area contributed by atoms with E-state index >= 15 is 0 Å². The first-order chi connectivity index (χ1) is 15.5. The van der Waals surface area contributed by atoms with Gasteiger partial charge in [-0.05, 0) is 105 Å². The second-order valence-corrected chi connectivity index (χ2v) is 11.5. The van der Waals surface area contributed by atoms with E-state index in [2.05, 4.69) is 38.7 Å². The van der Waals surface area contributed by atoms with Crippen molar-refractivity contribution in [3.63, 3.8) is 0 Å². The summed E-state index contributed by atoms with van der Waals surface area (Å²) >= 11 is 0. The summed E-state index contributed by atoms with van der Waals surface area (Å²) in [5.74, 6) is 0.416. The highest BCUT2D eigenvalue weighted by Crippen LogP contribution is 2.66. The molecule has 4 heteroatoms. The highest BCUT2D eigenvalue weighted by atomic mass is 16.4. The molecule has 0 saturated heterocycles. The molecule has 33 heavy (non-hydrogen) atoms. The first-order valence-electron chi connectivity index (χ1n) is 12.7. The average molecular weight is 453 g/mol. The first-order valence-corrected chi connectivity index (χ1v) is 12.7. The second kappa shape index (κ2) is 8.37. The molecule has 0 aliphatic heterocycles. The van der Waals surface area contributed by atoms with Crippen LogP contribution in [0, 0.1) is 40.4 Å². The van der Waals surface area contributed by atoms with Gasteiger partial charge in [0, 0.05) is 5.41 Å². The number of hydrogen-bond acceptors (Lipinski definition) is 3. The van der Waals surface area contributed by atoms with Crippen LogP contribution in [0.4, 0.5) is 0 Å². The summed E-state index contributed by atoms with van der Waals surface area (Å²) in [5, 5.41) is 21.6. The number of hydrogen-bond donors (Lipinski definition) is 2. The van der Waals surface area contributed by atoms with Gasteiger partial charge in [0.2, 0.25) is 0 Å².